The molecule has 2 aliphatic rings. The average molecular weight is 218 g/mol. The van der Waals surface area contributed by atoms with Crippen molar-refractivity contribution in [2.75, 3.05) is 0 Å². The first-order valence-electron chi connectivity index (χ1n) is 5.57. The van der Waals surface area contributed by atoms with Crippen molar-refractivity contribution in [3.8, 4) is 0 Å². The highest BCUT2D eigenvalue weighted by molar-refractivity contribution is 5.40. The summed E-state index contributed by atoms with van der Waals surface area (Å²) in [6.07, 6.45) is 4.53. The molecule has 0 radical (unpaired) electrons. The van der Waals surface area contributed by atoms with Crippen molar-refractivity contribution < 1.29 is 4.92 Å². The monoisotopic (exact) mass is 218 g/mol. The highest BCUT2D eigenvalue weighted by atomic mass is 16.6. The third-order valence-corrected chi connectivity index (χ3v) is 3.97. The Morgan fingerprint density at radius 2 is 2.00 bits per heavy atom. The highest BCUT2D eigenvalue weighted by Crippen LogP contribution is 2.67. The van der Waals surface area contributed by atoms with Crippen molar-refractivity contribution in [3.63, 3.8) is 0 Å². The number of hydrogen-bond donors (Lipinski definition) is 1. The summed E-state index contributed by atoms with van der Waals surface area (Å²) in [4.78, 5) is 10.3. The summed E-state index contributed by atoms with van der Waals surface area (Å²) in [6.45, 7) is 0. The number of benzene rings is 1. The SMILES string of the molecule is NC1(c2cccc([N+](=O)[O-])c2)CC2(CC2)C1. The number of nitrogens with zero attached hydrogens (tertiary/aromatic N) is 1. The molecule has 1 spiro atoms. The quantitative estimate of drug-likeness (QED) is 0.611. The van der Waals surface area contributed by atoms with Gasteiger partial charge in [-0.25, -0.2) is 0 Å². The Hall–Kier alpha value is -1.42. The summed E-state index contributed by atoms with van der Waals surface area (Å²) >= 11 is 0. The molecule has 3 rings (SSSR count). The third kappa shape index (κ3) is 1.33. The number of non-ortho nitro benzene ring substituents is 1. The smallest absolute Gasteiger partial charge is 0.269 e. The molecule has 4 heteroatoms. The maximum absolute atomic E-state index is 10.7. The summed E-state index contributed by atoms with van der Waals surface area (Å²) in [6, 6.07) is 6.76. The van der Waals surface area contributed by atoms with Gasteiger partial charge in [-0.15, -0.1) is 0 Å². The Morgan fingerprint density at radius 3 is 2.56 bits per heavy atom. The van der Waals surface area contributed by atoms with Gasteiger partial charge >= 0.3 is 0 Å². The van der Waals surface area contributed by atoms with Crippen LogP contribution >= 0.6 is 0 Å². The standard InChI is InChI=1S/C12H14N2O2/c13-12(7-11(8-12)4-5-11)9-2-1-3-10(6-9)14(15)16/h1-3,6H,4-5,7-8,13H2. The number of nitro benzene ring substituents is 1. The van der Waals surface area contributed by atoms with E-state index in [0.717, 1.165) is 18.4 Å². The second-order valence-corrected chi connectivity index (χ2v) is 5.32. The Kier molecular flexibility index (Phi) is 1.73. The van der Waals surface area contributed by atoms with Gasteiger partial charge in [0.05, 0.1) is 4.92 Å². The second-order valence-electron chi connectivity index (χ2n) is 5.32. The zero-order chi connectivity index (χ0) is 11.4. The molecular formula is C12H14N2O2. The normalized spacial score (nSPS) is 23.8. The van der Waals surface area contributed by atoms with Crippen LogP contribution in [-0.2, 0) is 5.54 Å². The van der Waals surface area contributed by atoms with Crippen LogP contribution in [0.1, 0.15) is 31.2 Å². The van der Waals surface area contributed by atoms with Gasteiger partial charge in [0, 0.05) is 17.7 Å². The fraction of sp³-hybridized carbons (Fsp3) is 0.500. The lowest BCUT2D eigenvalue weighted by Gasteiger charge is -2.46. The molecule has 0 atom stereocenters. The van der Waals surface area contributed by atoms with E-state index in [1.807, 2.05) is 6.07 Å². The molecule has 4 nitrogen and oxygen atoms in total. The van der Waals surface area contributed by atoms with Crippen LogP contribution in [0.15, 0.2) is 24.3 Å². The van der Waals surface area contributed by atoms with Crippen LogP contribution in [0.2, 0.25) is 0 Å². The van der Waals surface area contributed by atoms with Gasteiger partial charge in [-0.2, -0.15) is 0 Å². The minimum Gasteiger partial charge on any atom is -0.321 e. The Bertz CT molecular complexity index is 458. The highest BCUT2D eigenvalue weighted by Gasteiger charge is 2.59. The second kappa shape index (κ2) is 2.83. The van der Waals surface area contributed by atoms with E-state index in [-0.39, 0.29) is 16.1 Å². The van der Waals surface area contributed by atoms with Gasteiger partial charge in [-0.1, -0.05) is 12.1 Å². The number of nitro groups is 1. The van der Waals surface area contributed by atoms with E-state index in [0.29, 0.717) is 5.41 Å². The lowest BCUT2D eigenvalue weighted by molar-refractivity contribution is -0.385. The molecule has 2 fully saturated rings. The van der Waals surface area contributed by atoms with Crippen molar-refractivity contribution in [2.45, 2.75) is 31.2 Å². The van der Waals surface area contributed by atoms with Crippen LogP contribution in [0.4, 0.5) is 5.69 Å². The predicted molar refractivity (Wildman–Crippen MR) is 59.9 cm³/mol. The van der Waals surface area contributed by atoms with Gasteiger partial charge in [0.25, 0.3) is 5.69 Å². The third-order valence-electron chi connectivity index (χ3n) is 3.97. The molecule has 0 unspecified atom stereocenters. The summed E-state index contributed by atoms with van der Waals surface area (Å²) in [7, 11) is 0. The van der Waals surface area contributed by atoms with E-state index in [4.69, 9.17) is 5.73 Å². The summed E-state index contributed by atoms with van der Waals surface area (Å²) in [5.41, 5.74) is 7.52. The first-order chi connectivity index (χ1) is 7.53. The molecule has 1 aromatic carbocycles. The summed E-state index contributed by atoms with van der Waals surface area (Å²) < 4.78 is 0. The van der Waals surface area contributed by atoms with Crippen LogP contribution in [0.5, 0.6) is 0 Å². The molecule has 2 aliphatic carbocycles. The van der Waals surface area contributed by atoms with Crippen LogP contribution in [0, 0.1) is 15.5 Å². The largest absolute Gasteiger partial charge is 0.321 e. The molecule has 0 bridgehead atoms. The Labute approximate surface area is 93.6 Å². The minimum absolute atomic E-state index is 0.138. The average Bonchev–Trinajstić information content (AvgIpc) is 2.97. The molecule has 0 saturated heterocycles. The first-order valence-corrected chi connectivity index (χ1v) is 5.57. The molecule has 16 heavy (non-hydrogen) atoms. The van der Waals surface area contributed by atoms with E-state index in [9.17, 15) is 10.1 Å². The van der Waals surface area contributed by atoms with Gasteiger partial charge < -0.3 is 5.73 Å². The van der Waals surface area contributed by atoms with Gasteiger partial charge in [0.2, 0.25) is 0 Å². The van der Waals surface area contributed by atoms with Crippen molar-refractivity contribution >= 4 is 5.69 Å². The molecule has 0 aliphatic heterocycles. The van der Waals surface area contributed by atoms with Crippen molar-refractivity contribution in [1.82, 2.24) is 0 Å². The van der Waals surface area contributed by atoms with E-state index in [1.54, 1.807) is 12.1 Å². The van der Waals surface area contributed by atoms with Crippen LogP contribution in [-0.4, -0.2) is 4.92 Å². The molecule has 0 heterocycles. The number of hydrogen-bond acceptors (Lipinski definition) is 3. The van der Waals surface area contributed by atoms with E-state index in [2.05, 4.69) is 0 Å². The summed E-state index contributed by atoms with van der Waals surface area (Å²) in [5.74, 6) is 0. The topological polar surface area (TPSA) is 69.2 Å². The fourth-order valence-corrected chi connectivity index (χ4v) is 2.95. The molecule has 1 aromatic rings. The van der Waals surface area contributed by atoms with Crippen molar-refractivity contribution in [2.24, 2.45) is 11.1 Å². The first kappa shape index (κ1) is 9.78. The Morgan fingerprint density at radius 1 is 1.31 bits per heavy atom. The number of nitrogens with two attached hydrogens (primary N) is 1. The lowest BCUT2D eigenvalue weighted by Crippen LogP contribution is -2.50. The Balaban J connectivity index is 1.89. The van der Waals surface area contributed by atoms with Crippen molar-refractivity contribution in [3.05, 3.63) is 39.9 Å². The van der Waals surface area contributed by atoms with E-state index >= 15 is 0 Å². The van der Waals surface area contributed by atoms with Crippen LogP contribution in [0.3, 0.4) is 0 Å². The van der Waals surface area contributed by atoms with Crippen molar-refractivity contribution in [1.29, 1.82) is 0 Å². The molecule has 0 amide bonds. The van der Waals surface area contributed by atoms with Crippen LogP contribution in [0.25, 0.3) is 0 Å². The zero-order valence-corrected chi connectivity index (χ0v) is 8.98. The van der Waals surface area contributed by atoms with E-state index < -0.39 is 0 Å². The van der Waals surface area contributed by atoms with Gasteiger partial charge in [0.1, 0.15) is 0 Å². The lowest BCUT2D eigenvalue weighted by atomic mass is 9.63. The minimum atomic E-state index is -0.363. The van der Waals surface area contributed by atoms with Gasteiger partial charge in [-0.3, -0.25) is 10.1 Å². The molecule has 84 valence electrons. The predicted octanol–water partition coefficient (Wildman–Crippen LogP) is 2.32. The molecule has 0 aromatic heterocycles. The summed E-state index contributed by atoms with van der Waals surface area (Å²) in [5, 5.41) is 10.7. The van der Waals surface area contributed by atoms with E-state index in [1.165, 1.54) is 18.9 Å². The molecule has 2 N–H and O–H groups in total. The number of rotatable bonds is 2. The van der Waals surface area contributed by atoms with Gasteiger partial charge in [-0.05, 0) is 36.7 Å². The maximum Gasteiger partial charge on any atom is 0.269 e. The fourth-order valence-electron chi connectivity index (χ4n) is 2.95. The molecular weight excluding hydrogens is 204 g/mol. The molecule has 2 saturated carbocycles. The zero-order valence-electron chi connectivity index (χ0n) is 8.98. The van der Waals surface area contributed by atoms with Crippen LogP contribution < -0.4 is 5.73 Å². The van der Waals surface area contributed by atoms with Gasteiger partial charge in [0.15, 0.2) is 0 Å². The maximum atomic E-state index is 10.7.